The van der Waals surface area contributed by atoms with E-state index in [4.69, 9.17) is 15.0 Å². The molecule has 284 valence electrons. The lowest BCUT2D eigenvalue weighted by Crippen LogP contribution is -2.25. The summed E-state index contributed by atoms with van der Waals surface area (Å²) < 4.78 is 0. The average Bonchev–Trinajstić information content (AvgIpc) is 3.82. The third-order valence-electron chi connectivity index (χ3n) is 12.5. The second-order valence-electron chi connectivity index (χ2n) is 15.8. The number of rotatable bonds is 6. The van der Waals surface area contributed by atoms with E-state index in [1.807, 2.05) is 42.7 Å². The molecule has 0 aliphatic heterocycles. The molecule has 10 aromatic rings. The van der Waals surface area contributed by atoms with E-state index in [9.17, 15) is 0 Å². The lowest BCUT2D eigenvalue weighted by atomic mass is 9.70. The van der Waals surface area contributed by atoms with Gasteiger partial charge < -0.3 is 0 Å². The Morgan fingerprint density at radius 3 is 1.33 bits per heavy atom. The molecule has 0 bridgehead atoms. The first kappa shape index (κ1) is 34.9. The number of hydrogen-bond donors (Lipinski definition) is 0. The van der Waals surface area contributed by atoms with Crippen LogP contribution in [0.15, 0.2) is 219 Å². The monoisotopic (exact) mass is 776 g/mol. The predicted molar refractivity (Wildman–Crippen MR) is 247 cm³/mol. The zero-order chi connectivity index (χ0) is 40.3. The Bertz CT molecular complexity index is 3240. The molecule has 0 N–H and O–H groups in total. The summed E-state index contributed by atoms with van der Waals surface area (Å²) in [6.45, 7) is 0. The van der Waals surface area contributed by atoms with E-state index in [2.05, 4.69) is 181 Å². The van der Waals surface area contributed by atoms with Crippen molar-refractivity contribution in [3.8, 4) is 89.8 Å². The highest BCUT2D eigenvalue weighted by Gasteiger charge is 2.51. The van der Waals surface area contributed by atoms with Gasteiger partial charge in [0.2, 0.25) is 0 Å². The molecule has 0 fully saturated rings. The Hall–Kier alpha value is -8.08. The summed E-state index contributed by atoms with van der Waals surface area (Å²) in [6.07, 6.45) is 3.63. The van der Waals surface area contributed by atoms with Crippen LogP contribution in [0.5, 0.6) is 0 Å². The predicted octanol–water partition coefficient (Wildman–Crippen LogP) is 13.6. The lowest BCUT2D eigenvalue weighted by Gasteiger charge is -2.30. The molecular formula is C57H36N4. The number of pyridine rings is 1. The van der Waals surface area contributed by atoms with E-state index < -0.39 is 5.41 Å². The minimum Gasteiger partial charge on any atom is -0.265 e. The quantitative estimate of drug-likeness (QED) is 0.169. The van der Waals surface area contributed by atoms with Gasteiger partial charge in [-0.3, -0.25) is 4.98 Å². The summed E-state index contributed by atoms with van der Waals surface area (Å²) in [7, 11) is 0. The minimum atomic E-state index is -0.425. The lowest BCUT2D eigenvalue weighted by molar-refractivity contribution is 0.794. The summed E-state index contributed by atoms with van der Waals surface area (Å²) in [5.74, 6) is 1.86. The molecule has 0 amide bonds. The first-order valence-corrected chi connectivity index (χ1v) is 20.7. The maximum Gasteiger partial charge on any atom is 0.164 e. The summed E-state index contributed by atoms with van der Waals surface area (Å²) in [5.41, 5.74) is 19.5. The number of benzene rings is 8. The largest absolute Gasteiger partial charge is 0.265 e. The van der Waals surface area contributed by atoms with Gasteiger partial charge in [0.05, 0.1) is 5.41 Å². The molecule has 61 heavy (non-hydrogen) atoms. The van der Waals surface area contributed by atoms with Gasteiger partial charge >= 0.3 is 0 Å². The van der Waals surface area contributed by atoms with Gasteiger partial charge in [0.15, 0.2) is 17.5 Å². The summed E-state index contributed by atoms with van der Waals surface area (Å²) in [6, 6.07) is 73.9. The van der Waals surface area contributed by atoms with E-state index in [0.29, 0.717) is 17.5 Å². The van der Waals surface area contributed by atoms with Gasteiger partial charge in [0, 0.05) is 29.1 Å². The van der Waals surface area contributed by atoms with Crippen LogP contribution >= 0.6 is 0 Å². The fraction of sp³-hybridized carbons (Fsp3) is 0.0175. The maximum absolute atomic E-state index is 5.20. The van der Waals surface area contributed by atoms with E-state index in [1.54, 1.807) is 0 Å². The second kappa shape index (κ2) is 14.0. The molecule has 1 spiro atoms. The SMILES string of the molecule is c1ccc(-c2nc(-c3cccc(-c4ccncc4)c3)nc(-c3ccc(-c4ccc5c(c4)C4(c6ccccc6-c6ccccc64)c4ccccc4-5)c(-c4ccccc4)c3)n2)cc1. The van der Waals surface area contributed by atoms with Gasteiger partial charge in [0.1, 0.15) is 0 Å². The highest BCUT2D eigenvalue weighted by atomic mass is 15.0. The fourth-order valence-corrected chi connectivity index (χ4v) is 9.79. The van der Waals surface area contributed by atoms with Gasteiger partial charge in [-0.1, -0.05) is 176 Å². The van der Waals surface area contributed by atoms with Crippen LogP contribution in [-0.2, 0) is 5.41 Å². The van der Waals surface area contributed by atoms with Crippen molar-refractivity contribution in [2.24, 2.45) is 0 Å². The smallest absolute Gasteiger partial charge is 0.164 e. The highest BCUT2D eigenvalue weighted by Crippen LogP contribution is 2.63. The van der Waals surface area contributed by atoms with Crippen molar-refractivity contribution in [1.82, 2.24) is 19.9 Å². The highest BCUT2D eigenvalue weighted by molar-refractivity contribution is 5.97. The molecule has 4 nitrogen and oxygen atoms in total. The molecule has 12 rings (SSSR count). The van der Waals surface area contributed by atoms with E-state index in [1.165, 1.54) is 44.5 Å². The normalized spacial score (nSPS) is 12.7. The van der Waals surface area contributed by atoms with Crippen molar-refractivity contribution in [2.45, 2.75) is 5.41 Å². The maximum atomic E-state index is 5.20. The van der Waals surface area contributed by atoms with Crippen LogP contribution in [0.2, 0.25) is 0 Å². The van der Waals surface area contributed by atoms with Gasteiger partial charge in [-0.25, -0.2) is 15.0 Å². The Kier molecular flexibility index (Phi) is 8.04. The molecule has 2 heterocycles. The number of hydrogen-bond acceptors (Lipinski definition) is 4. The molecule has 0 saturated carbocycles. The van der Waals surface area contributed by atoms with Crippen LogP contribution in [0, 0.1) is 0 Å². The Morgan fingerprint density at radius 1 is 0.246 bits per heavy atom. The zero-order valence-corrected chi connectivity index (χ0v) is 33.1. The molecule has 4 heteroatoms. The third kappa shape index (κ3) is 5.53. The zero-order valence-electron chi connectivity index (χ0n) is 33.1. The van der Waals surface area contributed by atoms with E-state index in [-0.39, 0.29) is 0 Å². The molecule has 0 unspecified atom stereocenters. The molecule has 0 radical (unpaired) electrons. The Morgan fingerprint density at radius 2 is 0.705 bits per heavy atom. The first-order chi connectivity index (χ1) is 30.2. The van der Waals surface area contributed by atoms with Crippen LogP contribution in [0.4, 0.5) is 0 Å². The molecule has 0 saturated heterocycles. The van der Waals surface area contributed by atoms with Crippen molar-refractivity contribution >= 4 is 0 Å². The molecule has 2 aliphatic carbocycles. The van der Waals surface area contributed by atoms with Crippen molar-refractivity contribution in [1.29, 1.82) is 0 Å². The fourth-order valence-electron chi connectivity index (χ4n) is 9.79. The summed E-state index contributed by atoms with van der Waals surface area (Å²) in [4.78, 5) is 19.6. The second-order valence-corrected chi connectivity index (χ2v) is 15.8. The van der Waals surface area contributed by atoms with Gasteiger partial charge in [-0.2, -0.15) is 0 Å². The standard InChI is InChI=1S/C57H36N4/c1-3-14-38(15-4-1)49-35-43(56-60-54(39-16-5-2-6-17-39)59-55(61-56)42-19-13-18-40(34-42)37-30-32-58-33-31-37)27-28-44(49)41-26-29-48-47-22-9-12-25-52(47)57(53(48)36-41)50-23-10-7-20-45(50)46-21-8-11-24-51(46)57/h1-36H. The topological polar surface area (TPSA) is 51.6 Å². The van der Waals surface area contributed by atoms with Crippen molar-refractivity contribution in [3.05, 3.63) is 241 Å². The molecule has 8 aromatic carbocycles. The van der Waals surface area contributed by atoms with Crippen LogP contribution in [0.3, 0.4) is 0 Å². The van der Waals surface area contributed by atoms with E-state index in [0.717, 1.165) is 50.1 Å². The third-order valence-corrected chi connectivity index (χ3v) is 12.5. The molecular weight excluding hydrogens is 741 g/mol. The summed E-state index contributed by atoms with van der Waals surface area (Å²) in [5, 5.41) is 0. The van der Waals surface area contributed by atoms with Gasteiger partial charge in [-0.05, 0) is 108 Å². The van der Waals surface area contributed by atoms with Crippen LogP contribution in [-0.4, -0.2) is 19.9 Å². The number of aromatic nitrogens is 4. The van der Waals surface area contributed by atoms with Crippen LogP contribution in [0.1, 0.15) is 22.3 Å². The molecule has 2 aliphatic rings. The van der Waals surface area contributed by atoms with Gasteiger partial charge in [0.25, 0.3) is 0 Å². The van der Waals surface area contributed by atoms with Crippen molar-refractivity contribution in [2.75, 3.05) is 0 Å². The summed E-state index contributed by atoms with van der Waals surface area (Å²) >= 11 is 0. The molecule has 2 aromatic heterocycles. The minimum absolute atomic E-state index is 0.425. The first-order valence-electron chi connectivity index (χ1n) is 20.7. The van der Waals surface area contributed by atoms with Gasteiger partial charge in [-0.15, -0.1) is 0 Å². The van der Waals surface area contributed by atoms with Crippen molar-refractivity contribution in [3.63, 3.8) is 0 Å². The van der Waals surface area contributed by atoms with Crippen LogP contribution < -0.4 is 0 Å². The van der Waals surface area contributed by atoms with Crippen molar-refractivity contribution < 1.29 is 0 Å². The number of nitrogens with zero attached hydrogens (tertiary/aromatic N) is 4. The van der Waals surface area contributed by atoms with E-state index >= 15 is 0 Å². The Balaban J connectivity index is 1.05. The average molecular weight is 777 g/mol. The Labute approximate surface area is 354 Å². The molecule has 0 atom stereocenters. The number of fused-ring (bicyclic) bond motifs is 10. The van der Waals surface area contributed by atoms with Crippen LogP contribution in [0.25, 0.3) is 89.8 Å².